The Morgan fingerprint density at radius 3 is 2.70 bits per heavy atom. The van der Waals surface area contributed by atoms with Gasteiger partial charge in [-0.25, -0.2) is 0 Å². The number of furan rings is 1. The highest BCUT2D eigenvalue weighted by atomic mass is 16.3. The Kier molecular flexibility index (Phi) is 4.01. The van der Waals surface area contributed by atoms with E-state index in [1.807, 2.05) is 37.3 Å². The molecule has 3 heterocycles. The lowest BCUT2D eigenvalue weighted by molar-refractivity contribution is 0.0996. The van der Waals surface area contributed by atoms with Crippen LogP contribution in [0.2, 0.25) is 0 Å². The van der Waals surface area contributed by atoms with Crippen molar-refractivity contribution in [1.29, 1.82) is 0 Å². The number of benzene rings is 1. The Bertz CT molecular complexity index is 1260. The summed E-state index contributed by atoms with van der Waals surface area (Å²) in [6.45, 7) is 5.94. The van der Waals surface area contributed by atoms with Crippen LogP contribution >= 0.6 is 0 Å². The van der Waals surface area contributed by atoms with Crippen LogP contribution < -0.4 is 10.9 Å². The lowest BCUT2D eigenvalue weighted by Gasteiger charge is -2.11. The first-order valence-electron chi connectivity index (χ1n) is 8.43. The second-order valence-electron chi connectivity index (χ2n) is 6.08. The number of amides is 1. The van der Waals surface area contributed by atoms with Crippen molar-refractivity contribution in [3.63, 3.8) is 0 Å². The number of carbonyl (C=O) groups excluding carboxylic acids is 1. The number of rotatable bonds is 4. The van der Waals surface area contributed by atoms with Crippen molar-refractivity contribution in [2.75, 3.05) is 5.32 Å². The monoisotopic (exact) mass is 359 g/mol. The Hall–Kier alpha value is -3.80. The minimum absolute atomic E-state index is 0.119. The Balaban J connectivity index is 1.99. The molecule has 0 bridgehead atoms. The zero-order valence-electron chi connectivity index (χ0n) is 14.6. The molecule has 4 rings (SSSR count). The topological polar surface area (TPSA) is 90.9 Å². The quantitative estimate of drug-likeness (QED) is 0.470. The molecule has 0 spiro atoms. The smallest absolute Gasteiger partial charge is 0.291 e. The number of para-hydroxylation sites is 1. The normalized spacial score (nSPS) is 11.4. The summed E-state index contributed by atoms with van der Waals surface area (Å²) in [5, 5.41) is 3.56. The number of hydrogen-bond donors (Lipinski definition) is 3. The van der Waals surface area contributed by atoms with Gasteiger partial charge in [-0.15, -0.1) is 0 Å². The Labute approximate surface area is 154 Å². The van der Waals surface area contributed by atoms with Gasteiger partial charge in [-0.05, 0) is 30.7 Å². The minimum Gasteiger partial charge on any atom is -0.459 e. The molecule has 0 aliphatic rings. The Morgan fingerprint density at radius 2 is 1.96 bits per heavy atom. The largest absolute Gasteiger partial charge is 0.459 e. The molecule has 134 valence electrons. The van der Waals surface area contributed by atoms with Crippen molar-refractivity contribution in [3.8, 4) is 0 Å². The van der Waals surface area contributed by atoms with Crippen molar-refractivity contribution < 1.29 is 9.21 Å². The van der Waals surface area contributed by atoms with E-state index in [4.69, 9.17) is 4.42 Å². The van der Waals surface area contributed by atoms with Crippen molar-refractivity contribution in [1.82, 2.24) is 9.97 Å². The van der Waals surface area contributed by atoms with Crippen LogP contribution in [0.4, 0.5) is 5.69 Å². The molecule has 3 aromatic heterocycles. The number of aromatic nitrogens is 2. The third-order valence-electron chi connectivity index (χ3n) is 4.34. The van der Waals surface area contributed by atoms with E-state index in [9.17, 15) is 9.59 Å². The summed E-state index contributed by atoms with van der Waals surface area (Å²) < 4.78 is 5.12. The van der Waals surface area contributed by atoms with Crippen molar-refractivity contribution in [2.24, 2.45) is 0 Å². The third kappa shape index (κ3) is 2.77. The van der Waals surface area contributed by atoms with Crippen LogP contribution in [0.3, 0.4) is 0 Å². The van der Waals surface area contributed by atoms with E-state index >= 15 is 0 Å². The molecule has 0 saturated heterocycles. The highest BCUT2D eigenvalue weighted by Gasteiger charge is 2.20. The van der Waals surface area contributed by atoms with E-state index < -0.39 is 11.5 Å². The van der Waals surface area contributed by atoms with Gasteiger partial charge in [0.25, 0.3) is 11.5 Å². The molecule has 0 fully saturated rings. The molecule has 4 aromatic rings. The fourth-order valence-corrected chi connectivity index (χ4v) is 3.18. The second-order valence-corrected chi connectivity index (χ2v) is 6.08. The molecule has 6 nitrogen and oxygen atoms in total. The van der Waals surface area contributed by atoms with Crippen LogP contribution in [0.1, 0.15) is 23.0 Å². The highest BCUT2D eigenvalue weighted by molar-refractivity contribution is 6.12. The van der Waals surface area contributed by atoms with Crippen molar-refractivity contribution >= 4 is 39.1 Å². The zero-order chi connectivity index (χ0) is 19.0. The molecule has 0 saturated carbocycles. The van der Waals surface area contributed by atoms with E-state index in [0.717, 1.165) is 10.9 Å². The van der Waals surface area contributed by atoms with E-state index in [0.29, 0.717) is 22.2 Å². The first-order valence-corrected chi connectivity index (χ1v) is 8.43. The van der Waals surface area contributed by atoms with Crippen molar-refractivity contribution in [2.45, 2.75) is 6.92 Å². The maximum absolute atomic E-state index is 12.8. The van der Waals surface area contributed by atoms with Gasteiger partial charge in [0.1, 0.15) is 5.69 Å². The molecule has 0 unspecified atom stereocenters. The molecule has 1 amide bonds. The number of fused-ring (bicyclic) bond motifs is 3. The van der Waals surface area contributed by atoms with Gasteiger partial charge in [0, 0.05) is 16.5 Å². The fourth-order valence-electron chi connectivity index (χ4n) is 3.18. The third-order valence-corrected chi connectivity index (χ3v) is 4.34. The molecule has 0 radical (unpaired) electrons. The highest BCUT2D eigenvalue weighted by Crippen LogP contribution is 2.32. The summed E-state index contributed by atoms with van der Waals surface area (Å²) in [6, 6.07) is 10.8. The van der Waals surface area contributed by atoms with Crippen LogP contribution in [0.5, 0.6) is 0 Å². The van der Waals surface area contributed by atoms with Gasteiger partial charge in [0.05, 0.1) is 17.3 Å². The van der Waals surface area contributed by atoms with Gasteiger partial charge < -0.3 is 19.7 Å². The summed E-state index contributed by atoms with van der Waals surface area (Å²) in [5.74, 6) is -0.385. The van der Waals surface area contributed by atoms with Gasteiger partial charge in [-0.3, -0.25) is 9.59 Å². The first-order chi connectivity index (χ1) is 13.1. The van der Waals surface area contributed by atoms with Gasteiger partial charge >= 0.3 is 0 Å². The number of hydrogen-bond acceptors (Lipinski definition) is 3. The number of allylic oxidation sites excluding steroid dienone is 3. The van der Waals surface area contributed by atoms with E-state index in [2.05, 4.69) is 21.9 Å². The SMILES string of the molecule is C=C(C=CC)c1c(NC(=O)c2ccco2)c(=O)[nH]c2c1[nH]c1ccccc12. The maximum Gasteiger partial charge on any atom is 0.291 e. The second kappa shape index (κ2) is 6.49. The standard InChI is InChI=1S/C21H17N3O3/c1-3-7-12(2)16-18-17(13-8-4-5-9-14(13)22-18)23-21(26)19(16)24-20(25)15-10-6-11-27-15/h3-11,22H,2H2,1H3,(H,23,26)(H,24,25). The first kappa shape index (κ1) is 16.7. The lowest BCUT2D eigenvalue weighted by Crippen LogP contribution is -2.21. The fraction of sp³-hybridized carbons (Fsp3) is 0.0476. The van der Waals surface area contributed by atoms with Gasteiger partial charge in [0.15, 0.2) is 5.76 Å². The predicted octanol–water partition coefficient (Wildman–Crippen LogP) is 4.44. The van der Waals surface area contributed by atoms with E-state index in [1.165, 1.54) is 12.3 Å². The van der Waals surface area contributed by atoms with Crippen LogP contribution in [-0.2, 0) is 0 Å². The summed E-state index contributed by atoms with van der Waals surface area (Å²) in [4.78, 5) is 31.5. The number of carbonyl (C=O) groups is 1. The summed E-state index contributed by atoms with van der Waals surface area (Å²) in [7, 11) is 0. The maximum atomic E-state index is 12.8. The number of pyridine rings is 1. The van der Waals surface area contributed by atoms with E-state index in [1.54, 1.807) is 12.1 Å². The zero-order valence-corrected chi connectivity index (χ0v) is 14.6. The molecule has 3 N–H and O–H groups in total. The summed E-state index contributed by atoms with van der Waals surface area (Å²) >= 11 is 0. The molecular formula is C21H17N3O3. The molecular weight excluding hydrogens is 342 g/mol. The van der Waals surface area contributed by atoms with Crippen LogP contribution in [0.25, 0.3) is 27.5 Å². The average Bonchev–Trinajstić information content (AvgIpc) is 3.30. The predicted molar refractivity (Wildman–Crippen MR) is 107 cm³/mol. The average molecular weight is 359 g/mol. The van der Waals surface area contributed by atoms with Gasteiger partial charge in [0.2, 0.25) is 0 Å². The van der Waals surface area contributed by atoms with Crippen LogP contribution in [-0.4, -0.2) is 15.9 Å². The van der Waals surface area contributed by atoms with E-state index in [-0.39, 0.29) is 11.4 Å². The number of nitrogens with one attached hydrogen (secondary N) is 3. The molecule has 0 atom stereocenters. The van der Waals surface area contributed by atoms with Crippen molar-refractivity contribution in [3.05, 3.63) is 83.1 Å². The summed E-state index contributed by atoms with van der Waals surface area (Å²) in [6.07, 6.45) is 5.03. The Morgan fingerprint density at radius 1 is 1.15 bits per heavy atom. The summed E-state index contributed by atoms with van der Waals surface area (Å²) in [5.41, 5.74) is 3.12. The number of anilines is 1. The lowest BCUT2D eigenvalue weighted by atomic mass is 10.0. The van der Waals surface area contributed by atoms with Gasteiger partial charge in [-0.2, -0.15) is 0 Å². The number of H-pyrrole nitrogens is 2. The molecule has 0 aliphatic carbocycles. The van der Waals surface area contributed by atoms with Crippen LogP contribution in [0.15, 0.2) is 70.6 Å². The number of aromatic amines is 2. The molecule has 0 aliphatic heterocycles. The molecule has 27 heavy (non-hydrogen) atoms. The molecule has 6 heteroatoms. The minimum atomic E-state index is -0.504. The van der Waals surface area contributed by atoms with Crippen LogP contribution in [0, 0.1) is 0 Å². The molecule has 1 aromatic carbocycles. The van der Waals surface area contributed by atoms with Gasteiger partial charge in [-0.1, -0.05) is 36.9 Å².